The van der Waals surface area contributed by atoms with Gasteiger partial charge in [0.15, 0.2) is 5.78 Å². The number of hydrogen-bond donors (Lipinski definition) is 0. The summed E-state index contributed by atoms with van der Waals surface area (Å²) in [6.07, 6.45) is 3.14. The molecule has 0 N–H and O–H groups in total. The van der Waals surface area contributed by atoms with Crippen LogP contribution in [-0.4, -0.2) is 5.78 Å². The number of carbonyl (C=O) groups excluding carboxylic acids is 1. The van der Waals surface area contributed by atoms with Gasteiger partial charge in [0.1, 0.15) is 0 Å². The largest absolute Gasteiger partial charge is 0.294 e. The van der Waals surface area contributed by atoms with E-state index in [0.717, 1.165) is 24.8 Å². The molecule has 0 bridgehead atoms. The molecule has 1 heteroatoms. The highest BCUT2D eigenvalue weighted by atomic mass is 16.1. The Morgan fingerprint density at radius 1 is 1.33 bits per heavy atom. The fourth-order valence-corrected chi connectivity index (χ4v) is 2.45. The van der Waals surface area contributed by atoms with Crippen LogP contribution in [0.1, 0.15) is 42.6 Å². The molecule has 15 heavy (non-hydrogen) atoms. The number of fused-ring (bicyclic) bond motifs is 1. The maximum Gasteiger partial charge on any atom is 0.166 e. The molecule has 80 valence electrons. The molecule has 1 atom stereocenters. The zero-order valence-electron chi connectivity index (χ0n) is 9.49. The molecule has 0 spiro atoms. The molecule has 1 unspecified atom stereocenters. The summed E-state index contributed by atoms with van der Waals surface area (Å²) in [6.45, 7) is 4.38. The molecular formula is C14H18O. The smallest absolute Gasteiger partial charge is 0.166 e. The predicted molar refractivity (Wildman–Crippen MR) is 62.0 cm³/mol. The van der Waals surface area contributed by atoms with Gasteiger partial charge in [0.25, 0.3) is 0 Å². The lowest BCUT2D eigenvalue weighted by molar-refractivity contribution is 0.0884. The minimum Gasteiger partial charge on any atom is -0.294 e. The van der Waals surface area contributed by atoms with Gasteiger partial charge in [0, 0.05) is 11.5 Å². The van der Waals surface area contributed by atoms with Gasteiger partial charge in [-0.15, -0.1) is 0 Å². The van der Waals surface area contributed by atoms with Gasteiger partial charge in [-0.1, -0.05) is 38.1 Å². The van der Waals surface area contributed by atoms with Crippen molar-refractivity contribution in [2.75, 3.05) is 0 Å². The summed E-state index contributed by atoms with van der Waals surface area (Å²) in [6, 6.07) is 8.05. The number of benzene rings is 1. The number of hydrogen-bond acceptors (Lipinski definition) is 1. The van der Waals surface area contributed by atoms with Crippen molar-refractivity contribution in [1.29, 1.82) is 0 Å². The highest BCUT2D eigenvalue weighted by molar-refractivity contribution is 6.00. The predicted octanol–water partition coefficient (Wildman–Crippen LogP) is 3.48. The maximum atomic E-state index is 12.2. The van der Waals surface area contributed by atoms with Crippen LogP contribution >= 0.6 is 0 Å². The van der Waals surface area contributed by atoms with E-state index in [0.29, 0.717) is 11.7 Å². The van der Waals surface area contributed by atoms with E-state index in [1.165, 1.54) is 5.56 Å². The van der Waals surface area contributed by atoms with Crippen molar-refractivity contribution >= 4 is 5.78 Å². The van der Waals surface area contributed by atoms with Gasteiger partial charge >= 0.3 is 0 Å². The fraction of sp³-hybridized carbons (Fsp3) is 0.500. The molecule has 1 aliphatic rings. The van der Waals surface area contributed by atoms with E-state index in [9.17, 15) is 4.79 Å². The Hall–Kier alpha value is -1.11. The summed E-state index contributed by atoms with van der Waals surface area (Å²) in [5, 5.41) is 0. The lowest BCUT2D eigenvalue weighted by Gasteiger charge is -2.24. The summed E-state index contributed by atoms with van der Waals surface area (Å²) < 4.78 is 0. The number of aryl methyl sites for hydroxylation is 1. The second kappa shape index (κ2) is 4.18. The van der Waals surface area contributed by atoms with Crippen LogP contribution in [0.4, 0.5) is 0 Å². The van der Waals surface area contributed by atoms with Crippen LogP contribution < -0.4 is 0 Å². The highest BCUT2D eigenvalue weighted by Crippen LogP contribution is 2.29. The Balaban J connectivity index is 2.22. The summed E-state index contributed by atoms with van der Waals surface area (Å²) in [7, 11) is 0. The summed E-state index contributed by atoms with van der Waals surface area (Å²) in [4.78, 5) is 12.2. The molecule has 0 aromatic heterocycles. The van der Waals surface area contributed by atoms with Gasteiger partial charge in [-0.3, -0.25) is 4.79 Å². The highest BCUT2D eigenvalue weighted by Gasteiger charge is 2.27. The molecule has 0 radical (unpaired) electrons. The quantitative estimate of drug-likeness (QED) is 0.717. The van der Waals surface area contributed by atoms with Crippen LogP contribution in [0.25, 0.3) is 0 Å². The Labute approximate surface area is 91.5 Å². The average molecular weight is 202 g/mol. The monoisotopic (exact) mass is 202 g/mol. The van der Waals surface area contributed by atoms with Crippen molar-refractivity contribution in [3.8, 4) is 0 Å². The minimum absolute atomic E-state index is 0.264. The van der Waals surface area contributed by atoms with E-state index in [4.69, 9.17) is 0 Å². The van der Waals surface area contributed by atoms with E-state index < -0.39 is 0 Å². The second-order valence-electron chi connectivity index (χ2n) is 4.89. The van der Waals surface area contributed by atoms with Gasteiger partial charge in [-0.05, 0) is 30.7 Å². The molecule has 0 saturated carbocycles. The van der Waals surface area contributed by atoms with E-state index in [1.54, 1.807) is 0 Å². The van der Waals surface area contributed by atoms with Crippen LogP contribution in [0, 0.1) is 11.8 Å². The van der Waals surface area contributed by atoms with Crippen LogP contribution in [0.2, 0.25) is 0 Å². The standard InChI is InChI=1S/C14H18O/c1-10(2)9-12-8-7-11-5-3-4-6-13(11)14(12)15/h3-6,10,12H,7-9H2,1-2H3. The van der Waals surface area contributed by atoms with Crippen molar-refractivity contribution in [2.45, 2.75) is 33.1 Å². The average Bonchev–Trinajstić information content (AvgIpc) is 2.22. The number of rotatable bonds is 2. The fourth-order valence-electron chi connectivity index (χ4n) is 2.45. The molecule has 1 aliphatic carbocycles. The minimum atomic E-state index is 0.264. The van der Waals surface area contributed by atoms with Crippen molar-refractivity contribution in [3.05, 3.63) is 35.4 Å². The summed E-state index contributed by atoms with van der Waals surface area (Å²) in [5.41, 5.74) is 2.21. The first kappa shape index (κ1) is 10.4. The van der Waals surface area contributed by atoms with E-state index in [-0.39, 0.29) is 5.92 Å². The van der Waals surface area contributed by atoms with Crippen LogP contribution in [0.15, 0.2) is 24.3 Å². The zero-order chi connectivity index (χ0) is 10.8. The second-order valence-corrected chi connectivity index (χ2v) is 4.89. The molecule has 0 aliphatic heterocycles. The van der Waals surface area contributed by atoms with E-state index in [2.05, 4.69) is 19.9 Å². The topological polar surface area (TPSA) is 17.1 Å². The third-order valence-corrected chi connectivity index (χ3v) is 3.17. The van der Waals surface area contributed by atoms with Crippen molar-refractivity contribution in [2.24, 2.45) is 11.8 Å². The molecule has 1 aromatic rings. The summed E-state index contributed by atoms with van der Waals surface area (Å²) >= 11 is 0. The first-order valence-electron chi connectivity index (χ1n) is 5.80. The normalized spacial score (nSPS) is 20.5. The third kappa shape index (κ3) is 2.11. The van der Waals surface area contributed by atoms with Crippen LogP contribution in [0.5, 0.6) is 0 Å². The van der Waals surface area contributed by atoms with Crippen molar-refractivity contribution in [1.82, 2.24) is 0 Å². The third-order valence-electron chi connectivity index (χ3n) is 3.17. The van der Waals surface area contributed by atoms with Gasteiger partial charge in [-0.2, -0.15) is 0 Å². The molecule has 1 nitrogen and oxygen atoms in total. The summed E-state index contributed by atoms with van der Waals surface area (Å²) in [5.74, 6) is 1.25. The van der Waals surface area contributed by atoms with E-state index in [1.807, 2.05) is 18.2 Å². The first-order valence-corrected chi connectivity index (χ1v) is 5.80. The lowest BCUT2D eigenvalue weighted by atomic mass is 9.79. The molecule has 0 fully saturated rings. The van der Waals surface area contributed by atoms with Crippen LogP contribution in [0.3, 0.4) is 0 Å². The number of carbonyl (C=O) groups is 1. The van der Waals surface area contributed by atoms with Gasteiger partial charge in [0.05, 0.1) is 0 Å². The molecule has 0 amide bonds. The molecule has 0 saturated heterocycles. The molecule has 1 aromatic carbocycles. The van der Waals surface area contributed by atoms with E-state index >= 15 is 0 Å². The Kier molecular flexibility index (Phi) is 2.90. The zero-order valence-corrected chi connectivity index (χ0v) is 9.49. The molecular weight excluding hydrogens is 184 g/mol. The van der Waals surface area contributed by atoms with Crippen LogP contribution in [-0.2, 0) is 6.42 Å². The molecule has 2 rings (SSSR count). The molecule has 0 heterocycles. The van der Waals surface area contributed by atoms with Crippen molar-refractivity contribution < 1.29 is 4.79 Å². The Bertz CT molecular complexity index is 365. The number of Topliss-reactive ketones (excluding diaryl/α,β-unsaturated/α-hetero) is 1. The maximum absolute atomic E-state index is 12.2. The SMILES string of the molecule is CC(C)CC1CCc2ccccc2C1=O. The van der Waals surface area contributed by atoms with Gasteiger partial charge < -0.3 is 0 Å². The van der Waals surface area contributed by atoms with Gasteiger partial charge in [-0.25, -0.2) is 0 Å². The first-order chi connectivity index (χ1) is 7.18. The number of ketones is 1. The lowest BCUT2D eigenvalue weighted by Crippen LogP contribution is -2.23. The Morgan fingerprint density at radius 3 is 2.80 bits per heavy atom. The van der Waals surface area contributed by atoms with Gasteiger partial charge in [0.2, 0.25) is 0 Å². The Morgan fingerprint density at radius 2 is 2.07 bits per heavy atom. The van der Waals surface area contributed by atoms with Crippen molar-refractivity contribution in [3.63, 3.8) is 0 Å².